The Bertz CT molecular complexity index is 1010. The van der Waals surface area contributed by atoms with Crippen LogP contribution in [0.1, 0.15) is 53.0 Å². The zero-order valence-corrected chi connectivity index (χ0v) is 19.3. The SMILES string of the molecule is C=CCn1nc(C(=O)N2CCCCC2)c2c1CCC(N1CCOc3ccc(Cl)cc3C1)C2. The summed E-state index contributed by atoms with van der Waals surface area (Å²) in [6.07, 6.45) is 8.05. The lowest BCUT2D eigenvalue weighted by Gasteiger charge is -2.34. The molecular weight excluding hydrogens is 424 g/mol. The van der Waals surface area contributed by atoms with E-state index in [1.54, 1.807) is 0 Å². The molecule has 1 unspecified atom stereocenters. The summed E-state index contributed by atoms with van der Waals surface area (Å²) in [7, 11) is 0. The molecule has 0 bridgehead atoms. The van der Waals surface area contributed by atoms with Crippen LogP contribution in [0, 0.1) is 0 Å². The molecule has 1 aliphatic carbocycles. The van der Waals surface area contributed by atoms with Crippen LogP contribution >= 0.6 is 11.6 Å². The fraction of sp³-hybridized carbons (Fsp3) is 0.520. The van der Waals surface area contributed by atoms with Crippen molar-refractivity contribution in [3.05, 3.63) is 58.4 Å². The number of nitrogens with zero attached hydrogens (tertiary/aromatic N) is 4. The lowest BCUT2D eigenvalue weighted by Crippen LogP contribution is -2.41. The first-order valence-electron chi connectivity index (χ1n) is 11.8. The molecule has 2 aliphatic heterocycles. The van der Waals surface area contributed by atoms with Gasteiger partial charge in [0.15, 0.2) is 5.69 Å². The second-order valence-electron chi connectivity index (χ2n) is 9.07. The molecule has 170 valence electrons. The number of ether oxygens (including phenoxy) is 1. The van der Waals surface area contributed by atoms with Gasteiger partial charge < -0.3 is 9.64 Å². The lowest BCUT2D eigenvalue weighted by atomic mass is 9.89. The number of benzene rings is 1. The Labute approximate surface area is 194 Å². The summed E-state index contributed by atoms with van der Waals surface area (Å²) >= 11 is 6.26. The summed E-state index contributed by atoms with van der Waals surface area (Å²) in [6, 6.07) is 6.21. The first-order valence-corrected chi connectivity index (χ1v) is 12.2. The number of hydrogen-bond acceptors (Lipinski definition) is 4. The summed E-state index contributed by atoms with van der Waals surface area (Å²) in [5.41, 5.74) is 4.13. The van der Waals surface area contributed by atoms with Crippen LogP contribution in [0.5, 0.6) is 5.75 Å². The molecule has 2 aromatic rings. The maximum absolute atomic E-state index is 13.4. The van der Waals surface area contributed by atoms with Gasteiger partial charge in [-0.05, 0) is 56.7 Å². The van der Waals surface area contributed by atoms with E-state index in [-0.39, 0.29) is 5.91 Å². The molecule has 0 spiro atoms. The van der Waals surface area contributed by atoms with E-state index in [0.717, 1.165) is 80.2 Å². The number of carbonyl (C=O) groups excluding carboxylic acids is 1. The smallest absolute Gasteiger partial charge is 0.274 e. The van der Waals surface area contributed by atoms with Gasteiger partial charge in [0.2, 0.25) is 0 Å². The van der Waals surface area contributed by atoms with Crippen molar-refractivity contribution in [2.24, 2.45) is 0 Å². The molecule has 0 N–H and O–H groups in total. The minimum Gasteiger partial charge on any atom is -0.492 e. The summed E-state index contributed by atoms with van der Waals surface area (Å²) in [6.45, 7) is 8.54. The van der Waals surface area contributed by atoms with E-state index in [0.29, 0.717) is 24.9 Å². The van der Waals surface area contributed by atoms with Crippen LogP contribution in [-0.4, -0.2) is 57.8 Å². The van der Waals surface area contributed by atoms with E-state index in [2.05, 4.69) is 11.5 Å². The summed E-state index contributed by atoms with van der Waals surface area (Å²) in [5.74, 6) is 1.02. The third kappa shape index (κ3) is 4.18. The number of rotatable bonds is 4. The van der Waals surface area contributed by atoms with Crippen molar-refractivity contribution in [3.63, 3.8) is 0 Å². The van der Waals surface area contributed by atoms with E-state index in [1.165, 1.54) is 12.1 Å². The number of likely N-dealkylation sites (tertiary alicyclic amines) is 1. The molecule has 7 heteroatoms. The van der Waals surface area contributed by atoms with Crippen LogP contribution in [0.2, 0.25) is 5.02 Å². The maximum Gasteiger partial charge on any atom is 0.274 e. The van der Waals surface area contributed by atoms with Crippen LogP contribution in [0.25, 0.3) is 0 Å². The molecule has 1 saturated heterocycles. The molecule has 3 heterocycles. The third-order valence-electron chi connectivity index (χ3n) is 7.02. The highest BCUT2D eigenvalue weighted by atomic mass is 35.5. The van der Waals surface area contributed by atoms with Gasteiger partial charge in [-0.15, -0.1) is 6.58 Å². The fourth-order valence-electron chi connectivity index (χ4n) is 5.37. The highest BCUT2D eigenvalue weighted by molar-refractivity contribution is 6.30. The number of aromatic nitrogens is 2. The molecule has 32 heavy (non-hydrogen) atoms. The number of hydrogen-bond donors (Lipinski definition) is 0. The normalized spacial score (nSPS) is 21.3. The van der Waals surface area contributed by atoms with Gasteiger partial charge in [0.05, 0.1) is 6.54 Å². The average molecular weight is 455 g/mol. The lowest BCUT2D eigenvalue weighted by molar-refractivity contribution is 0.0715. The molecule has 0 saturated carbocycles. The Hall–Kier alpha value is -2.31. The van der Waals surface area contributed by atoms with E-state index < -0.39 is 0 Å². The fourth-order valence-corrected chi connectivity index (χ4v) is 5.56. The van der Waals surface area contributed by atoms with Crippen molar-refractivity contribution in [3.8, 4) is 5.75 Å². The largest absolute Gasteiger partial charge is 0.492 e. The van der Waals surface area contributed by atoms with Crippen LogP contribution in [0.3, 0.4) is 0 Å². The van der Waals surface area contributed by atoms with Gasteiger partial charge in [0, 0.05) is 54.1 Å². The zero-order valence-electron chi connectivity index (χ0n) is 18.6. The quantitative estimate of drug-likeness (QED) is 0.652. The van der Waals surface area contributed by atoms with Crippen molar-refractivity contribution < 1.29 is 9.53 Å². The van der Waals surface area contributed by atoms with E-state index in [4.69, 9.17) is 21.4 Å². The maximum atomic E-state index is 13.4. The number of carbonyl (C=O) groups is 1. The highest BCUT2D eigenvalue weighted by Gasteiger charge is 2.34. The number of allylic oxidation sites excluding steroid dienone is 1. The summed E-state index contributed by atoms with van der Waals surface area (Å²) in [4.78, 5) is 17.9. The molecule has 0 radical (unpaired) electrons. The van der Waals surface area contributed by atoms with Crippen molar-refractivity contribution in [1.82, 2.24) is 19.6 Å². The minimum atomic E-state index is 0.0979. The van der Waals surface area contributed by atoms with Gasteiger partial charge in [-0.2, -0.15) is 5.10 Å². The van der Waals surface area contributed by atoms with Crippen molar-refractivity contribution in [2.45, 2.75) is 57.7 Å². The van der Waals surface area contributed by atoms with E-state index >= 15 is 0 Å². The first kappa shape index (κ1) is 21.5. The van der Waals surface area contributed by atoms with E-state index in [9.17, 15) is 4.79 Å². The van der Waals surface area contributed by atoms with Gasteiger partial charge in [-0.1, -0.05) is 17.7 Å². The standard InChI is InChI=1S/C25H31ClN4O2/c1-2-10-30-22-8-7-20(29-13-14-32-23-9-6-19(26)15-18(23)17-29)16-21(22)24(27-30)25(31)28-11-4-3-5-12-28/h2,6,9,15,20H,1,3-5,7-8,10-14,16-17H2. The number of amides is 1. The summed E-state index contributed by atoms with van der Waals surface area (Å²) in [5, 5.41) is 5.53. The third-order valence-corrected chi connectivity index (χ3v) is 7.25. The average Bonchev–Trinajstić information content (AvgIpc) is 3.03. The Kier molecular flexibility index (Phi) is 6.24. The van der Waals surface area contributed by atoms with E-state index in [1.807, 2.05) is 33.9 Å². The topological polar surface area (TPSA) is 50.6 Å². The molecule has 6 nitrogen and oxygen atoms in total. The second kappa shape index (κ2) is 9.28. The monoisotopic (exact) mass is 454 g/mol. The molecule has 3 aliphatic rings. The van der Waals surface area contributed by atoms with Crippen LogP contribution in [-0.2, 0) is 25.9 Å². The van der Waals surface area contributed by atoms with Crippen LogP contribution in [0.4, 0.5) is 0 Å². The molecule has 5 rings (SSSR count). The molecule has 1 aromatic heterocycles. The Morgan fingerprint density at radius 1 is 1.25 bits per heavy atom. The van der Waals surface area contributed by atoms with Crippen molar-refractivity contribution in [2.75, 3.05) is 26.2 Å². The molecule has 1 fully saturated rings. The Morgan fingerprint density at radius 2 is 2.09 bits per heavy atom. The second-order valence-corrected chi connectivity index (χ2v) is 9.50. The Balaban J connectivity index is 1.41. The predicted octanol–water partition coefficient (Wildman–Crippen LogP) is 4.10. The number of halogens is 1. The number of fused-ring (bicyclic) bond motifs is 2. The minimum absolute atomic E-state index is 0.0979. The molecule has 1 aromatic carbocycles. The zero-order chi connectivity index (χ0) is 22.1. The van der Waals surface area contributed by atoms with Gasteiger partial charge in [-0.25, -0.2) is 0 Å². The van der Waals surface area contributed by atoms with Crippen LogP contribution in [0.15, 0.2) is 30.9 Å². The number of piperidine rings is 1. The van der Waals surface area contributed by atoms with Gasteiger partial charge in [0.25, 0.3) is 5.91 Å². The molecular formula is C25H31ClN4O2. The van der Waals surface area contributed by atoms with Gasteiger partial charge >= 0.3 is 0 Å². The van der Waals surface area contributed by atoms with Crippen LogP contribution < -0.4 is 4.74 Å². The van der Waals surface area contributed by atoms with Gasteiger partial charge in [0.1, 0.15) is 12.4 Å². The Morgan fingerprint density at radius 3 is 2.91 bits per heavy atom. The molecule has 1 amide bonds. The van der Waals surface area contributed by atoms with Crippen molar-refractivity contribution in [1.29, 1.82) is 0 Å². The first-order chi connectivity index (χ1) is 15.6. The highest BCUT2D eigenvalue weighted by Crippen LogP contribution is 2.32. The molecule has 1 atom stereocenters. The van der Waals surface area contributed by atoms with Gasteiger partial charge in [-0.3, -0.25) is 14.4 Å². The predicted molar refractivity (Wildman–Crippen MR) is 125 cm³/mol. The van der Waals surface area contributed by atoms with Crippen molar-refractivity contribution >= 4 is 17.5 Å². The summed E-state index contributed by atoms with van der Waals surface area (Å²) < 4.78 is 7.98.